The maximum Gasteiger partial charge on any atom is 0.412 e. The fourth-order valence-electron chi connectivity index (χ4n) is 7.43. The first-order valence-corrected chi connectivity index (χ1v) is 23.1. The van der Waals surface area contributed by atoms with E-state index in [1.165, 1.54) is 11.0 Å². The fourth-order valence-corrected chi connectivity index (χ4v) is 8.71. The van der Waals surface area contributed by atoms with E-state index in [-0.39, 0.29) is 46.9 Å². The van der Waals surface area contributed by atoms with Crippen molar-refractivity contribution in [3.63, 3.8) is 0 Å². The molecule has 0 aliphatic heterocycles. The Balaban J connectivity index is 1.10. The first kappa shape index (κ1) is 42.3. The molecule has 7 N–H and O–H groups in total. The number of aryl methyl sites for hydroxylation is 1. The molecule has 0 spiro atoms. The van der Waals surface area contributed by atoms with Gasteiger partial charge in [0, 0.05) is 54.3 Å². The molecule has 5 aromatic rings. The van der Waals surface area contributed by atoms with Crippen LogP contribution in [0.2, 0.25) is 18.1 Å². The second kappa shape index (κ2) is 18.1. The van der Waals surface area contributed by atoms with Crippen LogP contribution in [0.25, 0.3) is 22.0 Å². The van der Waals surface area contributed by atoms with Crippen molar-refractivity contribution in [2.75, 3.05) is 16.8 Å². The fraction of sp³-hybridized carbons (Fsp3) is 0.370. The van der Waals surface area contributed by atoms with E-state index in [4.69, 9.17) is 10.2 Å². The van der Waals surface area contributed by atoms with Crippen LogP contribution in [-0.4, -0.2) is 54.1 Å². The Bertz CT molecular complexity index is 2260. The van der Waals surface area contributed by atoms with Gasteiger partial charge in [-0.05, 0) is 103 Å². The summed E-state index contributed by atoms with van der Waals surface area (Å²) in [5.41, 5.74) is 12.2. The highest BCUT2D eigenvalue weighted by Gasteiger charge is 2.40. The number of aromatic amines is 1. The van der Waals surface area contributed by atoms with Crippen LogP contribution in [0.3, 0.4) is 0 Å². The summed E-state index contributed by atoms with van der Waals surface area (Å²) >= 11 is 0. The van der Waals surface area contributed by atoms with Crippen molar-refractivity contribution in [3.8, 4) is 16.9 Å². The molecule has 1 aliphatic carbocycles. The predicted molar refractivity (Wildman–Crippen MR) is 235 cm³/mol. The van der Waals surface area contributed by atoms with Gasteiger partial charge in [0.15, 0.2) is 8.32 Å². The maximum absolute atomic E-state index is 13.2. The van der Waals surface area contributed by atoms with Gasteiger partial charge in [0.1, 0.15) is 5.75 Å². The Labute approximate surface area is 341 Å². The largest absolute Gasteiger partial charge is 0.506 e. The number of phenolic OH excluding ortho intramolecular Hbond substituents is 1. The van der Waals surface area contributed by atoms with Crippen LogP contribution in [-0.2, 0) is 22.2 Å². The molecule has 4 aromatic carbocycles. The molecule has 58 heavy (non-hydrogen) atoms. The van der Waals surface area contributed by atoms with Crippen molar-refractivity contribution in [1.82, 2.24) is 10.3 Å². The maximum atomic E-state index is 13.2. The quantitative estimate of drug-likeness (QED) is 0.0604. The van der Waals surface area contributed by atoms with Crippen LogP contribution in [0.15, 0.2) is 102 Å². The molecule has 1 aliphatic rings. The molecule has 1 saturated carbocycles. The van der Waals surface area contributed by atoms with Crippen LogP contribution >= 0.6 is 0 Å². The summed E-state index contributed by atoms with van der Waals surface area (Å²) in [6, 6.07) is 30.0. The third-order valence-corrected chi connectivity index (χ3v) is 16.2. The van der Waals surface area contributed by atoms with E-state index in [1.54, 1.807) is 12.1 Å². The van der Waals surface area contributed by atoms with Crippen LogP contribution in [0.5, 0.6) is 5.75 Å². The normalized spacial score (nSPS) is 16.5. The second-order valence-electron chi connectivity index (χ2n) is 17.0. The van der Waals surface area contributed by atoms with Crippen molar-refractivity contribution in [2.45, 2.75) is 102 Å². The zero-order valence-corrected chi connectivity index (χ0v) is 35.2. The molecule has 11 nitrogen and oxygen atoms in total. The number of carbonyl (C=O) groups excluding carboxylic acids is 1. The number of H-pyrrole nitrogens is 1. The number of fused-ring (bicyclic) bond motifs is 1. The lowest BCUT2D eigenvalue weighted by Crippen LogP contribution is -2.44. The monoisotopic (exact) mass is 803 g/mol. The third-order valence-electron chi connectivity index (χ3n) is 11.8. The van der Waals surface area contributed by atoms with E-state index in [1.807, 2.05) is 78.9 Å². The Kier molecular flexibility index (Phi) is 13.2. The Morgan fingerprint density at radius 3 is 2.29 bits per heavy atom. The van der Waals surface area contributed by atoms with E-state index >= 15 is 0 Å². The minimum Gasteiger partial charge on any atom is -0.506 e. The van der Waals surface area contributed by atoms with E-state index in [9.17, 15) is 24.6 Å². The SMILES string of the molecule is CC(C)(C)[Si](C)(C)O[C@@H](CNCc1ccc(NC(=O)CCc2ccc(-c3ccccc3)c(N(C(=O)O)[C@H]3CC[C@H](N)CC3)c2)cc1)c1ccc(O)c2[nH]c(=O)ccc12. The molecular weight excluding hydrogens is 747 g/mol. The highest BCUT2D eigenvalue weighted by molar-refractivity contribution is 6.74. The minimum absolute atomic E-state index is 0.0116. The lowest BCUT2D eigenvalue weighted by Gasteiger charge is -2.39. The number of anilines is 2. The van der Waals surface area contributed by atoms with Crippen LogP contribution < -0.4 is 26.8 Å². The number of aromatic nitrogens is 1. The summed E-state index contributed by atoms with van der Waals surface area (Å²) in [7, 11) is -2.23. The summed E-state index contributed by atoms with van der Waals surface area (Å²) in [5.74, 6) is -0.124. The smallest absolute Gasteiger partial charge is 0.412 e. The molecule has 1 heterocycles. The number of amides is 2. The Morgan fingerprint density at radius 1 is 0.931 bits per heavy atom. The molecular formula is C46H57N5O6Si. The average molecular weight is 804 g/mol. The lowest BCUT2D eigenvalue weighted by molar-refractivity contribution is -0.116. The number of carbonyl (C=O) groups is 2. The van der Waals surface area contributed by atoms with Gasteiger partial charge in [0.25, 0.3) is 0 Å². The first-order valence-electron chi connectivity index (χ1n) is 20.2. The standard InChI is InChI=1S/C46H57N5O6Si/c1-46(2,3)58(4,5)57-41(37-22-24-40(52)44-38(37)23-26-43(54)50-44)29-48-28-31-11-17-34(18-12-31)49-42(53)25-14-30-13-21-36(32-9-7-6-8-10-32)39(27-30)51(45(55)56)35-19-15-33(47)16-20-35/h6-13,17-18,21-24,26-27,33,35,41,48,52H,14-16,19-20,25,28-29,47H2,1-5H3,(H,49,53)(H,50,54)(H,55,56)/t33-,35-,41-/m0/s1. The Hall–Kier alpha value is -5.27. The molecule has 306 valence electrons. The van der Waals surface area contributed by atoms with Gasteiger partial charge < -0.3 is 36.0 Å². The molecule has 1 atom stereocenters. The molecule has 0 saturated heterocycles. The number of hydrogen-bond acceptors (Lipinski definition) is 7. The highest BCUT2D eigenvalue weighted by Crippen LogP contribution is 2.41. The molecule has 1 fully saturated rings. The van der Waals surface area contributed by atoms with Gasteiger partial charge in [0.2, 0.25) is 11.5 Å². The van der Waals surface area contributed by atoms with Crippen LogP contribution in [0.4, 0.5) is 16.2 Å². The molecule has 0 unspecified atom stereocenters. The number of rotatable bonds is 14. The van der Waals surface area contributed by atoms with Gasteiger partial charge in [-0.2, -0.15) is 0 Å². The summed E-state index contributed by atoms with van der Waals surface area (Å²) in [4.78, 5) is 42.3. The molecule has 12 heteroatoms. The molecule has 0 radical (unpaired) electrons. The van der Waals surface area contributed by atoms with Crippen LogP contribution in [0, 0.1) is 0 Å². The summed E-state index contributed by atoms with van der Waals surface area (Å²) < 4.78 is 6.93. The zero-order chi connectivity index (χ0) is 41.6. The lowest BCUT2D eigenvalue weighted by atomic mass is 9.89. The van der Waals surface area contributed by atoms with Crippen molar-refractivity contribution < 1.29 is 24.2 Å². The minimum atomic E-state index is -2.23. The van der Waals surface area contributed by atoms with Crippen molar-refractivity contribution in [1.29, 1.82) is 0 Å². The van der Waals surface area contributed by atoms with E-state index < -0.39 is 14.4 Å². The van der Waals surface area contributed by atoms with Crippen molar-refractivity contribution in [3.05, 3.63) is 124 Å². The van der Waals surface area contributed by atoms with E-state index in [0.29, 0.717) is 49.2 Å². The number of benzene rings is 4. The predicted octanol–water partition coefficient (Wildman–Crippen LogP) is 9.08. The zero-order valence-electron chi connectivity index (χ0n) is 34.2. The van der Waals surface area contributed by atoms with Gasteiger partial charge in [-0.15, -0.1) is 0 Å². The highest BCUT2D eigenvalue weighted by atomic mass is 28.4. The molecule has 6 rings (SSSR count). The van der Waals surface area contributed by atoms with E-state index in [2.05, 4.69) is 49.5 Å². The first-order chi connectivity index (χ1) is 27.6. The second-order valence-corrected chi connectivity index (χ2v) is 21.7. The third kappa shape index (κ3) is 10.2. The van der Waals surface area contributed by atoms with Crippen molar-refractivity contribution >= 4 is 42.6 Å². The number of phenols is 1. The number of carboxylic acid groups (broad SMARTS) is 1. The molecule has 0 bridgehead atoms. The summed E-state index contributed by atoms with van der Waals surface area (Å²) in [6.45, 7) is 12.1. The number of aromatic hydroxyl groups is 1. The summed E-state index contributed by atoms with van der Waals surface area (Å²) in [6.07, 6.45) is 2.32. The van der Waals surface area contributed by atoms with Crippen LogP contribution in [0.1, 0.15) is 75.7 Å². The average Bonchev–Trinajstić information content (AvgIpc) is 3.18. The van der Waals surface area contributed by atoms with Gasteiger partial charge in [-0.1, -0.05) is 81.4 Å². The number of nitrogens with zero attached hydrogens (tertiary/aromatic N) is 1. The van der Waals surface area contributed by atoms with Crippen molar-refractivity contribution in [2.24, 2.45) is 5.73 Å². The number of hydrogen-bond donors (Lipinski definition) is 6. The number of nitrogens with one attached hydrogen (secondary N) is 3. The van der Waals surface area contributed by atoms with Gasteiger partial charge >= 0.3 is 6.09 Å². The topological polar surface area (TPSA) is 170 Å². The Morgan fingerprint density at radius 2 is 1.62 bits per heavy atom. The van der Waals surface area contributed by atoms with E-state index in [0.717, 1.165) is 46.0 Å². The van der Waals surface area contributed by atoms with Gasteiger partial charge in [-0.25, -0.2) is 4.79 Å². The van der Waals surface area contributed by atoms with Gasteiger partial charge in [0.05, 0.1) is 17.3 Å². The summed E-state index contributed by atoms with van der Waals surface area (Å²) in [5, 5.41) is 28.2. The molecule has 1 aromatic heterocycles. The van der Waals surface area contributed by atoms with Gasteiger partial charge in [-0.3, -0.25) is 14.5 Å². The number of pyridine rings is 1. The molecule has 2 amide bonds. The number of nitrogens with two attached hydrogens (primary N) is 1.